The second-order valence-electron chi connectivity index (χ2n) is 5.38. The molecule has 1 amide bonds. The van der Waals surface area contributed by atoms with Gasteiger partial charge in [0.05, 0.1) is 17.6 Å². The number of anilines is 2. The summed E-state index contributed by atoms with van der Waals surface area (Å²) in [5, 5.41) is 2.60. The number of nitrogens with one attached hydrogen (secondary N) is 1. The fourth-order valence-electron chi connectivity index (χ4n) is 2.26. The zero-order valence-electron chi connectivity index (χ0n) is 13.7. The Hall–Kier alpha value is -3.62. The van der Waals surface area contributed by atoms with E-state index in [9.17, 15) is 18.0 Å². The molecule has 0 aliphatic carbocycles. The minimum absolute atomic E-state index is 0.00938. The number of pyridine rings is 2. The summed E-state index contributed by atoms with van der Waals surface area (Å²) in [7, 11) is 0. The lowest BCUT2D eigenvalue weighted by molar-refractivity contribution is -0.0500. The van der Waals surface area contributed by atoms with Crippen molar-refractivity contribution in [3.05, 3.63) is 66.5 Å². The van der Waals surface area contributed by atoms with Gasteiger partial charge in [-0.2, -0.15) is 13.2 Å². The highest BCUT2D eigenvalue weighted by Gasteiger charge is 2.12. The Balaban J connectivity index is 1.79. The first-order valence-electron chi connectivity index (χ1n) is 7.66. The number of halogens is 3. The van der Waals surface area contributed by atoms with Crippen molar-refractivity contribution in [1.29, 1.82) is 0 Å². The normalized spacial score (nSPS) is 10.7. The third kappa shape index (κ3) is 4.51. The van der Waals surface area contributed by atoms with E-state index in [1.807, 2.05) is 0 Å². The van der Waals surface area contributed by atoms with Gasteiger partial charge < -0.3 is 15.8 Å². The molecule has 0 saturated carbocycles. The summed E-state index contributed by atoms with van der Waals surface area (Å²) in [6.45, 7) is -2.98. The minimum atomic E-state index is -2.98. The van der Waals surface area contributed by atoms with Gasteiger partial charge >= 0.3 is 6.61 Å². The van der Waals surface area contributed by atoms with Gasteiger partial charge in [0.25, 0.3) is 5.91 Å². The second-order valence-corrected chi connectivity index (χ2v) is 5.38. The van der Waals surface area contributed by atoms with Crippen LogP contribution in [0.15, 0.2) is 54.9 Å². The Morgan fingerprint density at radius 3 is 2.44 bits per heavy atom. The number of ether oxygens (including phenoxy) is 1. The Kier molecular flexibility index (Phi) is 5.20. The molecule has 0 radical (unpaired) electrons. The number of hydrogen-bond acceptors (Lipinski definition) is 5. The standard InChI is InChI=1S/C18H13F3N4O2/c19-16-6-2-11(8-24-16)10-1-4-13(22)15(7-10)25-17(26)14-5-3-12(9-23-14)27-18(20)21/h1-9,18H,22H2,(H,25,26). The lowest BCUT2D eigenvalue weighted by atomic mass is 10.1. The average Bonchev–Trinajstić information content (AvgIpc) is 2.64. The van der Waals surface area contributed by atoms with E-state index < -0.39 is 18.5 Å². The van der Waals surface area contributed by atoms with Gasteiger partial charge in [-0.05, 0) is 42.0 Å². The van der Waals surface area contributed by atoms with E-state index in [2.05, 4.69) is 20.0 Å². The molecule has 3 rings (SSSR count). The second kappa shape index (κ2) is 7.73. The number of carbonyl (C=O) groups is 1. The third-order valence-corrected chi connectivity index (χ3v) is 3.56. The Labute approximate surface area is 151 Å². The summed E-state index contributed by atoms with van der Waals surface area (Å²) in [6.07, 6.45) is 2.38. The van der Waals surface area contributed by atoms with Crippen LogP contribution in [0.25, 0.3) is 11.1 Å². The van der Waals surface area contributed by atoms with Gasteiger partial charge in [0, 0.05) is 11.8 Å². The number of aromatic nitrogens is 2. The highest BCUT2D eigenvalue weighted by atomic mass is 19.3. The summed E-state index contributed by atoms with van der Waals surface area (Å²) in [5.74, 6) is -1.35. The smallest absolute Gasteiger partial charge is 0.387 e. The Bertz CT molecular complexity index is 948. The first kappa shape index (κ1) is 18.2. The van der Waals surface area contributed by atoms with Gasteiger partial charge in [-0.15, -0.1) is 0 Å². The maximum absolute atomic E-state index is 13.0. The first-order valence-corrected chi connectivity index (χ1v) is 7.66. The molecule has 6 nitrogen and oxygen atoms in total. The number of amides is 1. The Morgan fingerprint density at radius 2 is 1.81 bits per heavy atom. The molecule has 9 heteroatoms. The molecule has 3 aromatic rings. The molecule has 27 heavy (non-hydrogen) atoms. The molecule has 1 aromatic carbocycles. The molecule has 0 aliphatic rings. The predicted octanol–water partition coefficient (Wildman–Crippen LogP) is 3.72. The molecular weight excluding hydrogens is 361 g/mol. The number of nitrogens with zero attached hydrogens (tertiary/aromatic N) is 2. The van der Waals surface area contributed by atoms with Crippen molar-refractivity contribution < 1.29 is 22.7 Å². The molecule has 0 fully saturated rings. The summed E-state index contributed by atoms with van der Waals surface area (Å²) in [4.78, 5) is 19.7. The number of nitrogens with two attached hydrogens (primary N) is 1. The van der Waals surface area contributed by atoms with Crippen molar-refractivity contribution in [2.75, 3.05) is 11.1 Å². The maximum Gasteiger partial charge on any atom is 0.387 e. The zero-order chi connectivity index (χ0) is 19.4. The molecule has 0 spiro atoms. The van der Waals surface area contributed by atoms with Crippen LogP contribution in [-0.4, -0.2) is 22.5 Å². The largest absolute Gasteiger partial charge is 0.433 e. The van der Waals surface area contributed by atoms with Crippen LogP contribution in [0, 0.1) is 5.95 Å². The van der Waals surface area contributed by atoms with Crippen molar-refractivity contribution in [2.45, 2.75) is 6.61 Å². The molecule has 0 aliphatic heterocycles. The number of rotatable bonds is 5. The lowest BCUT2D eigenvalue weighted by Crippen LogP contribution is -2.15. The quantitative estimate of drug-likeness (QED) is 0.525. The minimum Gasteiger partial charge on any atom is -0.433 e. The third-order valence-electron chi connectivity index (χ3n) is 3.56. The molecule has 3 N–H and O–H groups in total. The van der Waals surface area contributed by atoms with E-state index in [-0.39, 0.29) is 11.4 Å². The fraction of sp³-hybridized carbons (Fsp3) is 0.0556. The van der Waals surface area contributed by atoms with E-state index in [0.717, 1.165) is 6.20 Å². The van der Waals surface area contributed by atoms with Crippen LogP contribution in [0.5, 0.6) is 5.75 Å². The fourth-order valence-corrected chi connectivity index (χ4v) is 2.26. The molecule has 0 saturated heterocycles. The highest BCUT2D eigenvalue weighted by molar-refractivity contribution is 6.04. The Morgan fingerprint density at radius 1 is 1.04 bits per heavy atom. The van der Waals surface area contributed by atoms with Gasteiger partial charge in [-0.1, -0.05) is 6.07 Å². The van der Waals surface area contributed by atoms with Crippen LogP contribution in [0.2, 0.25) is 0 Å². The summed E-state index contributed by atoms with van der Waals surface area (Å²) in [5.41, 5.74) is 7.80. The van der Waals surface area contributed by atoms with Crippen molar-refractivity contribution in [2.24, 2.45) is 0 Å². The van der Waals surface area contributed by atoms with E-state index in [0.29, 0.717) is 22.5 Å². The van der Waals surface area contributed by atoms with E-state index in [1.165, 1.54) is 24.4 Å². The topological polar surface area (TPSA) is 90.1 Å². The van der Waals surface area contributed by atoms with Crippen LogP contribution in [0.1, 0.15) is 10.5 Å². The number of carbonyl (C=O) groups excluding carboxylic acids is 1. The molecule has 0 bridgehead atoms. The van der Waals surface area contributed by atoms with Crippen molar-refractivity contribution in [1.82, 2.24) is 9.97 Å². The summed E-state index contributed by atoms with van der Waals surface area (Å²) < 4.78 is 41.4. The van der Waals surface area contributed by atoms with Gasteiger partial charge in [0.2, 0.25) is 5.95 Å². The van der Waals surface area contributed by atoms with E-state index in [4.69, 9.17) is 5.73 Å². The monoisotopic (exact) mass is 374 g/mol. The van der Waals surface area contributed by atoms with Crippen molar-refractivity contribution >= 4 is 17.3 Å². The average molecular weight is 374 g/mol. The number of hydrogen-bond donors (Lipinski definition) is 2. The van der Waals surface area contributed by atoms with Crippen molar-refractivity contribution in [3.8, 4) is 16.9 Å². The van der Waals surface area contributed by atoms with Crippen LogP contribution < -0.4 is 15.8 Å². The predicted molar refractivity (Wildman–Crippen MR) is 92.9 cm³/mol. The van der Waals surface area contributed by atoms with Crippen LogP contribution in [0.3, 0.4) is 0 Å². The zero-order valence-corrected chi connectivity index (χ0v) is 13.7. The summed E-state index contributed by atoms with van der Waals surface area (Å²) in [6, 6.07) is 10.1. The van der Waals surface area contributed by atoms with Gasteiger partial charge in [-0.3, -0.25) is 4.79 Å². The molecule has 0 atom stereocenters. The van der Waals surface area contributed by atoms with E-state index >= 15 is 0 Å². The number of alkyl halides is 2. The molecule has 2 aromatic heterocycles. The van der Waals surface area contributed by atoms with E-state index in [1.54, 1.807) is 24.3 Å². The maximum atomic E-state index is 13.0. The van der Waals surface area contributed by atoms with Gasteiger partial charge in [0.1, 0.15) is 11.4 Å². The SMILES string of the molecule is Nc1ccc(-c2ccc(F)nc2)cc1NC(=O)c1ccc(OC(F)F)cn1. The van der Waals surface area contributed by atoms with Crippen LogP contribution in [-0.2, 0) is 0 Å². The summed E-state index contributed by atoms with van der Waals surface area (Å²) >= 11 is 0. The van der Waals surface area contributed by atoms with Gasteiger partial charge in [-0.25, -0.2) is 9.97 Å². The van der Waals surface area contributed by atoms with Crippen LogP contribution >= 0.6 is 0 Å². The molecule has 0 unspecified atom stereocenters. The van der Waals surface area contributed by atoms with Crippen LogP contribution in [0.4, 0.5) is 24.5 Å². The highest BCUT2D eigenvalue weighted by Crippen LogP contribution is 2.27. The van der Waals surface area contributed by atoms with Crippen molar-refractivity contribution in [3.63, 3.8) is 0 Å². The van der Waals surface area contributed by atoms with Gasteiger partial charge in [0.15, 0.2) is 0 Å². The molecular formula is C18H13F3N4O2. The lowest BCUT2D eigenvalue weighted by Gasteiger charge is -2.11. The number of benzene rings is 1. The molecule has 138 valence electrons. The first-order chi connectivity index (χ1) is 12.9. The molecule has 2 heterocycles. The number of nitrogen functional groups attached to an aromatic ring is 1.